The summed E-state index contributed by atoms with van der Waals surface area (Å²) in [6, 6.07) is -0.122. The second kappa shape index (κ2) is 7.46. The highest BCUT2D eigenvalue weighted by Crippen LogP contribution is 2.62. The van der Waals surface area contributed by atoms with E-state index in [2.05, 4.69) is 15.0 Å². The molecule has 0 aromatic carbocycles. The number of aliphatic imine (C=N–C) groups is 1. The smallest absolute Gasteiger partial charge is 0.223 e. The molecule has 36 heavy (non-hydrogen) atoms. The molecule has 5 aliphatic rings. The number of aromatic nitrogens is 4. The number of H-pyrrole nitrogens is 1. The van der Waals surface area contributed by atoms with Gasteiger partial charge in [-0.15, -0.1) is 0 Å². The summed E-state index contributed by atoms with van der Waals surface area (Å²) in [7, 11) is 1.89. The average molecular weight is 505 g/mol. The number of carbonyl (C=O) groups excluding carboxylic acids is 2. The Balaban J connectivity index is 1.45. The van der Waals surface area contributed by atoms with Gasteiger partial charge >= 0.3 is 0 Å². The van der Waals surface area contributed by atoms with E-state index >= 15 is 4.39 Å². The molecule has 1 N–H and O–H groups in total. The SMILES string of the molecule is Cn1cncc1-c1cnc(C2CN3C(=O)CC4(CC4)[C@H]3C3=C2C2=CC(=O)C=C(F)C2=C(Cl)C=NC3)[nH]1. The summed E-state index contributed by atoms with van der Waals surface area (Å²) in [4.78, 5) is 44.5. The van der Waals surface area contributed by atoms with Gasteiger partial charge in [0.05, 0.1) is 53.6 Å². The minimum atomic E-state index is -0.678. The van der Waals surface area contributed by atoms with Gasteiger partial charge in [0, 0.05) is 43.3 Å². The molecule has 1 saturated carbocycles. The van der Waals surface area contributed by atoms with Gasteiger partial charge in [0.15, 0.2) is 5.78 Å². The fourth-order valence-electron chi connectivity index (χ4n) is 6.35. The molecule has 8 nitrogen and oxygen atoms in total. The third kappa shape index (κ3) is 3.01. The molecule has 5 heterocycles. The number of aryl methyl sites for hydroxylation is 1. The molecule has 2 aromatic heterocycles. The highest BCUT2D eigenvalue weighted by atomic mass is 35.5. The summed E-state index contributed by atoms with van der Waals surface area (Å²) in [5.41, 5.74) is 3.89. The lowest BCUT2D eigenvalue weighted by Gasteiger charge is -2.42. The van der Waals surface area contributed by atoms with Crippen LogP contribution in [0.5, 0.6) is 0 Å². The molecule has 182 valence electrons. The number of allylic oxidation sites excluding steroid dienone is 6. The molecular weight excluding hydrogens is 483 g/mol. The number of nitrogens with zero attached hydrogens (tertiary/aromatic N) is 5. The number of halogens is 2. The number of fused-ring (bicyclic) bond motifs is 5. The van der Waals surface area contributed by atoms with E-state index < -0.39 is 17.5 Å². The van der Waals surface area contributed by atoms with Crippen LogP contribution in [0.3, 0.4) is 0 Å². The van der Waals surface area contributed by atoms with Gasteiger partial charge in [-0.3, -0.25) is 14.6 Å². The van der Waals surface area contributed by atoms with Crippen molar-refractivity contribution in [3.05, 3.63) is 69.8 Å². The van der Waals surface area contributed by atoms with Crippen LogP contribution in [-0.2, 0) is 16.6 Å². The highest BCUT2D eigenvalue weighted by Gasteiger charge is 2.62. The van der Waals surface area contributed by atoms with Crippen molar-refractivity contribution < 1.29 is 14.0 Å². The lowest BCUT2D eigenvalue weighted by molar-refractivity contribution is -0.129. The van der Waals surface area contributed by atoms with Crippen LogP contribution >= 0.6 is 11.6 Å². The maximum Gasteiger partial charge on any atom is 0.223 e. The summed E-state index contributed by atoms with van der Waals surface area (Å²) >= 11 is 6.50. The van der Waals surface area contributed by atoms with E-state index in [1.807, 2.05) is 16.5 Å². The van der Waals surface area contributed by atoms with Crippen LogP contribution < -0.4 is 0 Å². The Morgan fingerprint density at radius 3 is 2.81 bits per heavy atom. The standard InChI is InChI=1S/C26H22ClFN6O2/c1-33-12-30-10-20(33)19-9-31-25(32-19)16-11-34-21(36)6-26(2-3-26)24(34)15-7-29-8-17(27)23-14(22(15)16)4-13(35)5-18(23)28/h4-5,8-10,12,16,24H,2-3,6-7,11H2,1H3,(H,31,32)/t16?,24-/m1/s1. The van der Waals surface area contributed by atoms with E-state index in [4.69, 9.17) is 16.6 Å². The van der Waals surface area contributed by atoms with Crippen molar-refractivity contribution in [2.24, 2.45) is 17.5 Å². The van der Waals surface area contributed by atoms with Crippen molar-refractivity contribution in [2.75, 3.05) is 13.1 Å². The minimum absolute atomic E-state index is 0.109. The van der Waals surface area contributed by atoms with E-state index in [-0.39, 0.29) is 28.0 Å². The van der Waals surface area contributed by atoms with E-state index in [0.29, 0.717) is 30.9 Å². The molecule has 2 fully saturated rings. The molecule has 2 aromatic rings. The molecule has 3 aliphatic heterocycles. The summed E-state index contributed by atoms with van der Waals surface area (Å²) in [5.74, 6) is -0.770. The molecular formula is C26H22ClFN6O2. The largest absolute Gasteiger partial charge is 0.340 e. The van der Waals surface area contributed by atoms with Gasteiger partial charge in [0.25, 0.3) is 0 Å². The predicted octanol–water partition coefficient (Wildman–Crippen LogP) is 3.52. The number of imidazole rings is 2. The van der Waals surface area contributed by atoms with E-state index in [9.17, 15) is 9.59 Å². The van der Waals surface area contributed by atoms with Crippen LogP contribution in [0.15, 0.2) is 69.0 Å². The topological polar surface area (TPSA) is 96.2 Å². The number of hydrogen-bond acceptors (Lipinski definition) is 5. The molecule has 1 amide bonds. The van der Waals surface area contributed by atoms with E-state index in [1.54, 1.807) is 18.7 Å². The van der Waals surface area contributed by atoms with Crippen LogP contribution in [0, 0.1) is 5.41 Å². The summed E-state index contributed by atoms with van der Waals surface area (Å²) in [6.07, 6.45) is 11.5. The maximum atomic E-state index is 15.2. The Hall–Kier alpha value is -3.59. The van der Waals surface area contributed by atoms with Gasteiger partial charge in [-0.1, -0.05) is 11.6 Å². The number of ketones is 1. The van der Waals surface area contributed by atoms with Gasteiger partial charge in [-0.2, -0.15) is 0 Å². The number of hydrogen-bond donors (Lipinski definition) is 1. The Bertz CT molecular complexity index is 1520. The van der Waals surface area contributed by atoms with Crippen LogP contribution in [0.25, 0.3) is 11.4 Å². The summed E-state index contributed by atoms with van der Waals surface area (Å²) in [5, 5.41) is 0.147. The van der Waals surface area contributed by atoms with Crippen molar-refractivity contribution in [1.82, 2.24) is 24.4 Å². The molecule has 2 atom stereocenters. The van der Waals surface area contributed by atoms with Crippen molar-refractivity contribution in [3.8, 4) is 11.4 Å². The van der Waals surface area contributed by atoms with Gasteiger partial charge in [-0.25, -0.2) is 14.4 Å². The second-order valence-electron chi connectivity index (χ2n) is 10.2. The normalized spacial score (nSPS) is 26.5. The molecule has 10 heteroatoms. The minimum Gasteiger partial charge on any atom is -0.340 e. The van der Waals surface area contributed by atoms with Crippen molar-refractivity contribution >= 4 is 29.5 Å². The first-order valence-electron chi connectivity index (χ1n) is 11.9. The third-order valence-electron chi connectivity index (χ3n) is 8.09. The van der Waals surface area contributed by atoms with Crippen molar-refractivity contribution in [3.63, 3.8) is 0 Å². The first-order chi connectivity index (χ1) is 17.4. The number of carbonyl (C=O) groups is 2. The Morgan fingerprint density at radius 1 is 1.22 bits per heavy atom. The van der Waals surface area contributed by atoms with Crippen molar-refractivity contribution in [1.29, 1.82) is 0 Å². The number of amides is 1. The Kier molecular flexibility index (Phi) is 4.49. The fraction of sp³-hybridized carbons (Fsp3) is 0.346. The fourth-order valence-corrected chi connectivity index (χ4v) is 6.61. The molecule has 0 bridgehead atoms. The third-order valence-corrected chi connectivity index (χ3v) is 8.38. The number of aromatic amines is 1. The number of rotatable bonds is 2. The first-order valence-corrected chi connectivity index (χ1v) is 12.3. The second-order valence-corrected chi connectivity index (χ2v) is 10.6. The molecule has 7 rings (SSSR count). The zero-order chi connectivity index (χ0) is 24.8. The van der Waals surface area contributed by atoms with Crippen LogP contribution in [0.2, 0.25) is 0 Å². The highest BCUT2D eigenvalue weighted by molar-refractivity contribution is 6.40. The van der Waals surface area contributed by atoms with Gasteiger partial charge in [0.1, 0.15) is 11.7 Å². The van der Waals surface area contributed by atoms with Crippen molar-refractivity contribution in [2.45, 2.75) is 31.2 Å². The maximum absolute atomic E-state index is 15.2. The Labute approximate surface area is 211 Å². The van der Waals surface area contributed by atoms with Crippen LogP contribution in [0.1, 0.15) is 31.0 Å². The Morgan fingerprint density at radius 2 is 2.06 bits per heavy atom. The lowest BCUT2D eigenvalue weighted by atomic mass is 9.74. The molecule has 0 radical (unpaired) electrons. The quantitative estimate of drug-likeness (QED) is 0.676. The van der Waals surface area contributed by atoms with Gasteiger partial charge < -0.3 is 14.5 Å². The summed E-state index contributed by atoms with van der Waals surface area (Å²) < 4.78 is 17.1. The molecule has 2 aliphatic carbocycles. The number of nitrogens with one attached hydrogen (secondary N) is 1. The van der Waals surface area contributed by atoms with Crippen LogP contribution in [0.4, 0.5) is 4.39 Å². The average Bonchev–Trinajstić information content (AvgIpc) is 3.14. The zero-order valence-electron chi connectivity index (χ0n) is 19.5. The lowest BCUT2D eigenvalue weighted by Crippen LogP contribution is -2.46. The zero-order valence-corrected chi connectivity index (χ0v) is 20.2. The molecule has 1 unspecified atom stereocenters. The molecule has 1 spiro atoms. The first kappa shape index (κ1) is 21.7. The molecule has 1 saturated heterocycles. The predicted molar refractivity (Wildman–Crippen MR) is 131 cm³/mol. The van der Waals surface area contributed by atoms with Gasteiger partial charge in [0.2, 0.25) is 5.91 Å². The summed E-state index contributed by atoms with van der Waals surface area (Å²) in [6.45, 7) is 0.700. The monoisotopic (exact) mass is 504 g/mol. The van der Waals surface area contributed by atoms with Gasteiger partial charge in [-0.05, 0) is 35.6 Å². The van der Waals surface area contributed by atoms with Crippen LogP contribution in [-0.4, -0.2) is 61.5 Å². The van der Waals surface area contributed by atoms with E-state index in [1.165, 1.54) is 12.3 Å². The van der Waals surface area contributed by atoms with E-state index in [0.717, 1.165) is 41.5 Å².